The highest BCUT2D eigenvalue weighted by atomic mass is 32.1. The highest BCUT2D eigenvalue weighted by Crippen LogP contribution is 2.18. The quantitative estimate of drug-likeness (QED) is 0.419. The summed E-state index contributed by atoms with van der Waals surface area (Å²) in [6, 6.07) is 4.97. The molecular weight excluding hydrogens is 270 g/mol. The van der Waals surface area contributed by atoms with Crippen molar-refractivity contribution in [3.05, 3.63) is 23.8 Å². The third kappa shape index (κ3) is 4.89. The van der Waals surface area contributed by atoms with E-state index in [1.165, 1.54) is 7.11 Å². The molecule has 1 rings (SSSR count). The molecule has 0 spiro atoms. The van der Waals surface area contributed by atoms with Crippen molar-refractivity contribution in [1.82, 2.24) is 0 Å². The largest absolute Gasteiger partial charge is 0.468 e. The first kappa shape index (κ1) is 15.4. The number of benzene rings is 1. The van der Waals surface area contributed by atoms with Gasteiger partial charge in [-0.25, -0.2) is 0 Å². The summed E-state index contributed by atoms with van der Waals surface area (Å²) in [5.41, 5.74) is 6.59. The van der Waals surface area contributed by atoms with Gasteiger partial charge in [0, 0.05) is 9.79 Å². The number of hydrogen-bond donors (Lipinski definition) is 3. The Labute approximate surface area is 118 Å². The molecular formula is C12H17NO3S2. The van der Waals surface area contributed by atoms with E-state index in [9.17, 15) is 4.79 Å². The molecule has 1 aromatic carbocycles. The third-order valence-electron chi connectivity index (χ3n) is 2.38. The summed E-state index contributed by atoms with van der Waals surface area (Å²) in [6.07, 6.45) is 0.696. The van der Waals surface area contributed by atoms with Crippen LogP contribution in [0.15, 0.2) is 28.0 Å². The van der Waals surface area contributed by atoms with Crippen LogP contribution in [0.1, 0.15) is 5.56 Å². The summed E-state index contributed by atoms with van der Waals surface area (Å²) < 4.78 is 9.83. The molecule has 0 aliphatic heterocycles. The predicted octanol–water partition coefficient (Wildman–Crippen LogP) is 1.32. The summed E-state index contributed by atoms with van der Waals surface area (Å²) in [6.45, 7) is 0.616. The molecule has 0 heterocycles. The van der Waals surface area contributed by atoms with Crippen LogP contribution >= 0.6 is 25.3 Å². The highest BCUT2D eigenvalue weighted by Gasteiger charge is 2.13. The zero-order valence-electron chi connectivity index (χ0n) is 10.1. The minimum absolute atomic E-state index is 0.148. The van der Waals surface area contributed by atoms with E-state index in [0.29, 0.717) is 13.0 Å². The van der Waals surface area contributed by atoms with Gasteiger partial charge in [-0.15, -0.1) is 25.3 Å². The minimum Gasteiger partial charge on any atom is -0.468 e. The molecule has 0 aliphatic rings. The number of ether oxygens (including phenoxy) is 2. The number of thiol groups is 2. The molecule has 1 atom stereocenters. The molecule has 0 unspecified atom stereocenters. The molecule has 1 aromatic rings. The van der Waals surface area contributed by atoms with E-state index in [1.54, 1.807) is 0 Å². The molecule has 0 saturated carbocycles. The van der Waals surface area contributed by atoms with Gasteiger partial charge < -0.3 is 15.2 Å². The molecule has 0 aromatic heterocycles. The summed E-state index contributed by atoms with van der Waals surface area (Å²) in [4.78, 5) is 12.8. The van der Waals surface area contributed by atoms with Gasteiger partial charge >= 0.3 is 5.97 Å². The van der Waals surface area contributed by atoms with Crippen LogP contribution in [0.4, 0.5) is 0 Å². The Morgan fingerprint density at radius 2 is 2.17 bits per heavy atom. The smallest absolute Gasteiger partial charge is 0.325 e. The van der Waals surface area contributed by atoms with E-state index < -0.39 is 12.0 Å². The first-order valence-electron chi connectivity index (χ1n) is 5.46. The second-order valence-corrected chi connectivity index (χ2v) is 4.77. The average molecular weight is 287 g/mol. The Hall–Kier alpha value is -0.690. The van der Waals surface area contributed by atoms with E-state index in [1.807, 2.05) is 18.2 Å². The minimum atomic E-state index is -0.735. The lowest BCUT2D eigenvalue weighted by atomic mass is 10.1. The fourth-order valence-corrected chi connectivity index (χ4v) is 1.87. The monoisotopic (exact) mass is 287 g/mol. The Morgan fingerprint density at radius 3 is 2.83 bits per heavy atom. The van der Waals surface area contributed by atoms with Gasteiger partial charge in [0.15, 0.2) is 0 Å². The molecule has 0 amide bonds. The normalized spacial score (nSPS) is 12.2. The number of nitrogens with two attached hydrogens (primary N) is 1. The SMILES string of the molecule is COC(=O)[C@@H](N)COCCc1cc(S)ccc1S. The van der Waals surface area contributed by atoms with Gasteiger partial charge in [0.1, 0.15) is 6.04 Å². The standard InChI is InChI=1S/C12H17NO3S2/c1-15-12(14)10(13)7-16-5-4-8-6-9(17)2-3-11(8)18/h2-3,6,10,17-18H,4-5,7,13H2,1H3/t10-/m0/s1. The van der Waals surface area contributed by atoms with Gasteiger partial charge in [0.25, 0.3) is 0 Å². The lowest BCUT2D eigenvalue weighted by Crippen LogP contribution is -2.36. The maximum Gasteiger partial charge on any atom is 0.325 e. The first-order valence-corrected chi connectivity index (χ1v) is 6.36. The van der Waals surface area contributed by atoms with Crippen LogP contribution < -0.4 is 5.73 Å². The number of hydrogen-bond acceptors (Lipinski definition) is 6. The second kappa shape index (κ2) is 7.68. The van der Waals surface area contributed by atoms with Crippen molar-refractivity contribution >= 4 is 31.2 Å². The lowest BCUT2D eigenvalue weighted by Gasteiger charge is -2.10. The highest BCUT2D eigenvalue weighted by molar-refractivity contribution is 7.80. The Morgan fingerprint density at radius 1 is 1.44 bits per heavy atom. The van der Waals surface area contributed by atoms with Crippen molar-refractivity contribution in [2.75, 3.05) is 20.3 Å². The first-order chi connectivity index (χ1) is 8.54. The number of methoxy groups -OCH3 is 1. The Kier molecular flexibility index (Phi) is 6.56. The topological polar surface area (TPSA) is 61.5 Å². The fraction of sp³-hybridized carbons (Fsp3) is 0.417. The van der Waals surface area contributed by atoms with Gasteiger partial charge in [0.05, 0.1) is 20.3 Å². The van der Waals surface area contributed by atoms with Crippen LogP contribution in [0.5, 0.6) is 0 Å². The fourth-order valence-electron chi connectivity index (χ4n) is 1.38. The summed E-state index contributed by atoms with van der Waals surface area (Å²) in [7, 11) is 1.30. The molecule has 2 N–H and O–H groups in total. The van der Waals surface area contributed by atoms with E-state index in [0.717, 1.165) is 15.4 Å². The molecule has 0 radical (unpaired) electrons. The van der Waals surface area contributed by atoms with Gasteiger partial charge in [-0.1, -0.05) is 0 Å². The molecule has 4 nitrogen and oxygen atoms in total. The third-order valence-corrected chi connectivity index (χ3v) is 3.09. The number of carbonyl (C=O) groups is 1. The van der Waals surface area contributed by atoms with Crippen molar-refractivity contribution in [3.63, 3.8) is 0 Å². The molecule has 100 valence electrons. The lowest BCUT2D eigenvalue weighted by molar-refractivity contribution is -0.143. The Bertz CT molecular complexity index is 412. The maximum absolute atomic E-state index is 11.0. The van der Waals surface area contributed by atoms with Crippen molar-refractivity contribution in [2.45, 2.75) is 22.3 Å². The molecule has 0 saturated heterocycles. The van der Waals surface area contributed by atoms with Crippen LogP contribution in [0.2, 0.25) is 0 Å². The van der Waals surface area contributed by atoms with Gasteiger partial charge in [-0.2, -0.15) is 0 Å². The molecule has 18 heavy (non-hydrogen) atoms. The summed E-state index contributed by atoms with van der Waals surface area (Å²) >= 11 is 8.61. The van der Waals surface area contributed by atoms with Gasteiger partial charge in [-0.3, -0.25) is 4.79 Å². The molecule has 0 bridgehead atoms. The van der Waals surface area contributed by atoms with Crippen molar-refractivity contribution in [2.24, 2.45) is 5.73 Å². The second-order valence-electron chi connectivity index (χ2n) is 3.77. The van der Waals surface area contributed by atoms with Crippen molar-refractivity contribution in [1.29, 1.82) is 0 Å². The van der Waals surface area contributed by atoms with E-state index in [4.69, 9.17) is 10.5 Å². The number of esters is 1. The number of carbonyl (C=O) groups excluding carboxylic acids is 1. The van der Waals surface area contributed by atoms with Crippen LogP contribution in [-0.4, -0.2) is 32.3 Å². The Balaban J connectivity index is 2.34. The van der Waals surface area contributed by atoms with Gasteiger partial charge in [-0.05, 0) is 30.2 Å². The van der Waals surface area contributed by atoms with Gasteiger partial charge in [0.2, 0.25) is 0 Å². The molecule has 0 aliphatic carbocycles. The zero-order valence-corrected chi connectivity index (χ0v) is 11.9. The average Bonchev–Trinajstić information content (AvgIpc) is 2.37. The van der Waals surface area contributed by atoms with Crippen LogP contribution in [0.25, 0.3) is 0 Å². The van der Waals surface area contributed by atoms with E-state index in [-0.39, 0.29) is 6.61 Å². The van der Waals surface area contributed by atoms with Crippen molar-refractivity contribution < 1.29 is 14.3 Å². The van der Waals surface area contributed by atoms with Crippen LogP contribution in [-0.2, 0) is 20.7 Å². The molecule has 0 fully saturated rings. The van der Waals surface area contributed by atoms with Crippen LogP contribution in [0.3, 0.4) is 0 Å². The maximum atomic E-state index is 11.0. The summed E-state index contributed by atoms with van der Waals surface area (Å²) in [5.74, 6) is -0.470. The van der Waals surface area contributed by atoms with Crippen LogP contribution in [0, 0.1) is 0 Å². The van der Waals surface area contributed by atoms with Crippen molar-refractivity contribution in [3.8, 4) is 0 Å². The van der Waals surface area contributed by atoms with E-state index >= 15 is 0 Å². The van der Waals surface area contributed by atoms with E-state index in [2.05, 4.69) is 30.0 Å². The molecule has 6 heteroatoms. The number of rotatable bonds is 6. The zero-order chi connectivity index (χ0) is 13.5. The summed E-state index contributed by atoms with van der Waals surface area (Å²) in [5, 5.41) is 0. The predicted molar refractivity (Wildman–Crippen MR) is 75.5 cm³/mol.